The molecule has 5 heteroatoms. The second-order valence-electron chi connectivity index (χ2n) is 7.65. The number of likely N-dealkylation sites (tertiary alicyclic amines) is 1. The van der Waals surface area contributed by atoms with E-state index in [9.17, 15) is 4.79 Å². The van der Waals surface area contributed by atoms with Gasteiger partial charge in [-0.25, -0.2) is 4.79 Å². The van der Waals surface area contributed by atoms with Crippen molar-refractivity contribution in [1.29, 1.82) is 0 Å². The molecule has 0 bridgehead atoms. The van der Waals surface area contributed by atoms with E-state index in [1.807, 2.05) is 25.7 Å². The first-order valence-corrected chi connectivity index (χ1v) is 8.25. The second-order valence-corrected chi connectivity index (χ2v) is 7.65. The van der Waals surface area contributed by atoms with Gasteiger partial charge in [0.1, 0.15) is 5.60 Å². The van der Waals surface area contributed by atoms with E-state index < -0.39 is 5.60 Å². The van der Waals surface area contributed by atoms with Gasteiger partial charge in [0.25, 0.3) is 0 Å². The molecule has 1 unspecified atom stereocenters. The lowest BCUT2D eigenvalue weighted by Gasteiger charge is -2.49. The molecule has 0 aromatic heterocycles. The lowest BCUT2D eigenvalue weighted by atomic mass is 9.80. The molecule has 2 heterocycles. The van der Waals surface area contributed by atoms with E-state index in [0.717, 1.165) is 45.0 Å². The van der Waals surface area contributed by atoms with Crippen LogP contribution in [0.3, 0.4) is 0 Å². The number of nitrogens with zero attached hydrogens (tertiary/aromatic N) is 1. The fourth-order valence-electron chi connectivity index (χ4n) is 3.62. The lowest BCUT2D eigenvalue weighted by Crippen LogP contribution is -2.63. The lowest BCUT2D eigenvalue weighted by molar-refractivity contribution is -0.131. The van der Waals surface area contributed by atoms with Gasteiger partial charge in [0, 0.05) is 25.7 Å². The van der Waals surface area contributed by atoms with Crippen LogP contribution >= 0.6 is 0 Å². The normalized spacial score (nSPS) is 29.5. The Kier molecular flexibility index (Phi) is 3.91. The van der Waals surface area contributed by atoms with Crippen LogP contribution in [0.15, 0.2) is 0 Å². The van der Waals surface area contributed by atoms with E-state index in [1.165, 1.54) is 12.8 Å². The largest absolute Gasteiger partial charge is 0.444 e. The SMILES string of the molecule is CC(C)(C)OC(=O)N1CCC2(CC1)OCCNC2C1CC1. The number of rotatable bonds is 1. The molecule has 120 valence electrons. The third-order valence-corrected chi connectivity index (χ3v) is 4.78. The van der Waals surface area contributed by atoms with Crippen LogP contribution in [0.5, 0.6) is 0 Å². The van der Waals surface area contributed by atoms with Gasteiger partial charge in [-0.3, -0.25) is 0 Å². The summed E-state index contributed by atoms with van der Waals surface area (Å²) in [5.41, 5.74) is -0.483. The Balaban J connectivity index is 1.59. The molecule has 3 aliphatic rings. The molecule has 1 atom stereocenters. The van der Waals surface area contributed by atoms with Gasteiger partial charge in [-0.2, -0.15) is 0 Å². The van der Waals surface area contributed by atoms with Gasteiger partial charge in [0.15, 0.2) is 0 Å². The smallest absolute Gasteiger partial charge is 0.410 e. The van der Waals surface area contributed by atoms with Gasteiger partial charge in [0.05, 0.1) is 12.2 Å². The molecule has 0 aromatic carbocycles. The molecule has 21 heavy (non-hydrogen) atoms. The molecule has 2 aliphatic heterocycles. The minimum Gasteiger partial charge on any atom is -0.444 e. The van der Waals surface area contributed by atoms with E-state index in [0.29, 0.717) is 6.04 Å². The van der Waals surface area contributed by atoms with Crippen molar-refractivity contribution in [2.24, 2.45) is 5.92 Å². The standard InChI is InChI=1S/C16H28N2O3/c1-15(2,3)21-14(19)18-9-6-16(7-10-18)13(12-4-5-12)17-8-11-20-16/h12-13,17H,4-11H2,1-3H3. The maximum absolute atomic E-state index is 12.2. The first-order valence-electron chi connectivity index (χ1n) is 8.25. The zero-order chi connectivity index (χ0) is 15.1. The molecule has 0 aromatic rings. The molecule has 3 rings (SSSR count). The van der Waals surface area contributed by atoms with Gasteiger partial charge in [-0.1, -0.05) is 0 Å². The van der Waals surface area contributed by atoms with Crippen LogP contribution < -0.4 is 5.32 Å². The van der Waals surface area contributed by atoms with Crippen LogP contribution in [-0.4, -0.2) is 54.5 Å². The summed E-state index contributed by atoms with van der Waals surface area (Å²) in [5.74, 6) is 0.776. The number of hydrogen-bond donors (Lipinski definition) is 1. The van der Waals surface area contributed by atoms with Crippen LogP contribution in [0.4, 0.5) is 4.79 Å². The Labute approximate surface area is 127 Å². The fourth-order valence-corrected chi connectivity index (χ4v) is 3.62. The molecule has 1 N–H and O–H groups in total. The number of morpholine rings is 1. The average Bonchev–Trinajstić information content (AvgIpc) is 3.22. The molecule has 1 amide bonds. The average molecular weight is 296 g/mol. The van der Waals surface area contributed by atoms with Crippen molar-refractivity contribution in [3.63, 3.8) is 0 Å². The van der Waals surface area contributed by atoms with Crippen LogP contribution in [0.2, 0.25) is 0 Å². The van der Waals surface area contributed by atoms with Gasteiger partial charge in [-0.05, 0) is 52.4 Å². The second kappa shape index (κ2) is 5.43. The van der Waals surface area contributed by atoms with Crippen molar-refractivity contribution < 1.29 is 14.3 Å². The van der Waals surface area contributed by atoms with E-state index in [2.05, 4.69) is 5.32 Å². The summed E-state index contributed by atoms with van der Waals surface area (Å²) in [6, 6.07) is 0.479. The van der Waals surface area contributed by atoms with E-state index in [-0.39, 0.29) is 11.7 Å². The maximum Gasteiger partial charge on any atom is 0.410 e. The van der Waals surface area contributed by atoms with Crippen LogP contribution in [0, 0.1) is 5.92 Å². The number of carbonyl (C=O) groups excluding carboxylic acids is 1. The third-order valence-electron chi connectivity index (χ3n) is 4.78. The summed E-state index contributed by atoms with van der Waals surface area (Å²) in [6.45, 7) is 8.95. The number of ether oxygens (including phenoxy) is 2. The molecular formula is C16H28N2O3. The first-order chi connectivity index (χ1) is 9.90. The number of nitrogens with one attached hydrogen (secondary N) is 1. The molecule has 1 saturated carbocycles. The Morgan fingerprint density at radius 3 is 2.52 bits per heavy atom. The maximum atomic E-state index is 12.2. The Bertz CT molecular complexity index is 393. The van der Waals surface area contributed by atoms with Crippen molar-refractivity contribution in [2.75, 3.05) is 26.2 Å². The number of hydrogen-bond acceptors (Lipinski definition) is 4. The monoisotopic (exact) mass is 296 g/mol. The highest BCUT2D eigenvalue weighted by atomic mass is 16.6. The van der Waals surface area contributed by atoms with Crippen LogP contribution in [-0.2, 0) is 9.47 Å². The fraction of sp³-hybridized carbons (Fsp3) is 0.938. The first kappa shape index (κ1) is 15.1. The summed E-state index contributed by atoms with van der Waals surface area (Å²) < 4.78 is 11.7. The van der Waals surface area contributed by atoms with E-state index >= 15 is 0 Å². The van der Waals surface area contributed by atoms with Crippen LogP contribution in [0.1, 0.15) is 46.5 Å². The van der Waals surface area contributed by atoms with E-state index in [1.54, 1.807) is 0 Å². The molecule has 1 spiro atoms. The topological polar surface area (TPSA) is 50.8 Å². The molecular weight excluding hydrogens is 268 g/mol. The predicted molar refractivity (Wildman–Crippen MR) is 80.2 cm³/mol. The Hall–Kier alpha value is -0.810. The van der Waals surface area contributed by atoms with Crippen molar-refractivity contribution in [3.8, 4) is 0 Å². The van der Waals surface area contributed by atoms with Gasteiger partial charge >= 0.3 is 6.09 Å². The number of amides is 1. The molecule has 3 fully saturated rings. The summed E-state index contributed by atoms with van der Waals surface area (Å²) >= 11 is 0. The van der Waals surface area contributed by atoms with Crippen molar-refractivity contribution in [3.05, 3.63) is 0 Å². The van der Waals surface area contributed by atoms with Crippen molar-refractivity contribution in [1.82, 2.24) is 10.2 Å². The van der Waals surface area contributed by atoms with Crippen molar-refractivity contribution in [2.45, 2.75) is 63.7 Å². The minimum absolute atomic E-state index is 0.0576. The van der Waals surface area contributed by atoms with Gasteiger partial charge in [0.2, 0.25) is 0 Å². The van der Waals surface area contributed by atoms with E-state index in [4.69, 9.17) is 9.47 Å². The summed E-state index contributed by atoms with van der Waals surface area (Å²) in [4.78, 5) is 14.0. The number of piperidine rings is 1. The molecule has 5 nitrogen and oxygen atoms in total. The van der Waals surface area contributed by atoms with Gasteiger partial charge < -0.3 is 19.7 Å². The highest BCUT2D eigenvalue weighted by Gasteiger charge is 2.50. The molecule has 2 saturated heterocycles. The third kappa shape index (κ3) is 3.34. The van der Waals surface area contributed by atoms with Gasteiger partial charge in [-0.15, -0.1) is 0 Å². The zero-order valence-electron chi connectivity index (χ0n) is 13.5. The van der Waals surface area contributed by atoms with Crippen molar-refractivity contribution >= 4 is 6.09 Å². The quantitative estimate of drug-likeness (QED) is 0.805. The molecule has 0 radical (unpaired) electrons. The highest BCUT2D eigenvalue weighted by molar-refractivity contribution is 5.68. The summed E-state index contributed by atoms with van der Waals surface area (Å²) in [7, 11) is 0. The Morgan fingerprint density at radius 1 is 1.29 bits per heavy atom. The highest BCUT2D eigenvalue weighted by Crippen LogP contribution is 2.44. The molecule has 1 aliphatic carbocycles. The van der Waals surface area contributed by atoms with Crippen LogP contribution in [0.25, 0.3) is 0 Å². The number of carbonyl (C=O) groups is 1. The minimum atomic E-state index is -0.425. The summed E-state index contributed by atoms with van der Waals surface area (Å²) in [6.07, 6.45) is 4.28. The zero-order valence-corrected chi connectivity index (χ0v) is 13.5. The Morgan fingerprint density at radius 2 is 1.95 bits per heavy atom. The summed E-state index contributed by atoms with van der Waals surface area (Å²) in [5, 5.41) is 3.66. The predicted octanol–water partition coefficient (Wildman–Crippen LogP) is 2.15.